The van der Waals surface area contributed by atoms with Crippen LogP contribution in [0.3, 0.4) is 0 Å². The van der Waals surface area contributed by atoms with Crippen molar-refractivity contribution in [3.8, 4) is 0 Å². The second-order valence-corrected chi connectivity index (χ2v) is 13.5. The van der Waals surface area contributed by atoms with Gasteiger partial charge in [-0.15, -0.1) is 0 Å². The molecule has 0 saturated heterocycles. The third kappa shape index (κ3) is 29.3. The third-order valence-corrected chi connectivity index (χ3v) is 8.90. The molecule has 0 bridgehead atoms. The van der Waals surface area contributed by atoms with E-state index >= 15 is 0 Å². The predicted octanol–water partition coefficient (Wildman–Crippen LogP) is 12.6. The molecule has 3 nitrogen and oxygen atoms in total. The molecule has 0 aromatic carbocycles. The summed E-state index contributed by atoms with van der Waals surface area (Å²) in [5.74, 6) is 0.579. The van der Waals surface area contributed by atoms with E-state index in [1.165, 1.54) is 141 Å². The van der Waals surface area contributed by atoms with Crippen LogP contribution in [0, 0.1) is 5.92 Å². The maximum atomic E-state index is 13.0. The van der Waals surface area contributed by atoms with Crippen LogP contribution in [0.4, 0.5) is 0 Å². The highest BCUT2D eigenvalue weighted by Crippen LogP contribution is 2.28. The van der Waals surface area contributed by atoms with E-state index in [2.05, 4.69) is 51.9 Å². The van der Waals surface area contributed by atoms with Crippen molar-refractivity contribution in [2.75, 3.05) is 20.6 Å². The van der Waals surface area contributed by atoms with Crippen LogP contribution in [0.1, 0.15) is 201 Å². The molecule has 0 amide bonds. The minimum Gasteiger partial charge on any atom is -0.462 e. The van der Waals surface area contributed by atoms with Gasteiger partial charge in [0.15, 0.2) is 0 Å². The first kappa shape index (κ1) is 41.2. The van der Waals surface area contributed by atoms with Crippen molar-refractivity contribution in [1.82, 2.24) is 4.90 Å². The Morgan fingerprint density at radius 2 is 1.00 bits per heavy atom. The average molecular weight is 592 g/mol. The molecule has 0 heterocycles. The number of allylic oxidation sites excluding steroid dienone is 2. The van der Waals surface area contributed by atoms with Crippen LogP contribution in [-0.2, 0) is 9.53 Å². The summed E-state index contributed by atoms with van der Waals surface area (Å²) in [4.78, 5) is 15.2. The Hall–Kier alpha value is -0.830. The van der Waals surface area contributed by atoms with Crippen molar-refractivity contribution in [1.29, 1.82) is 0 Å². The first-order valence-corrected chi connectivity index (χ1v) is 19.0. The number of nitrogens with zero attached hydrogens (tertiary/aromatic N) is 1. The molecule has 0 saturated carbocycles. The predicted molar refractivity (Wildman–Crippen MR) is 187 cm³/mol. The largest absolute Gasteiger partial charge is 0.462 e. The molecule has 0 fully saturated rings. The summed E-state index contributed by atoms with van der Waals surface area (Å²) in [6.07, 6.45) is 40.1. The number of rotatable bonds is 33. The number of carbonyl (C=O) groups is 1. The van der Waals surface area contributed by atoms with Crippen molar-refractivity contribution in [3.05, 3.63) is 12.2 Å². The fourth-order valence-electron chi connectivity index (χ4n) is 6.10. The van der Waals surface area contributed by atoms with Crippen LogP contribution in [0.15, 0.2) is 12.2 Å². The van der Waals surface area contributed by atoms with Crippen LogP contribution < -0.4 is 0 Å². The zero-order valence-corrected chi connectivity index (χ0v) is 29.6. The lowest BCUT2D eigenvalue weighted by Gasteiger charge is -2.28. The second-order valence-electron chi connectivity index (χ2n) is 13.5. The quantitative estimate of drug-likeness (QED) is 0.0432. The van der Waals surface area contributed by atoms with Gasteiger partial charge < -0.3 is 9.64 Å². The second kappa shape index (κ2) is 33.1. The monoisotopic (exact) mass is 592 g/mol. The van der Waals surface area contributed by atoms with Crippen LogP contribution in [0.25, 0.3) is 0 Å². The van der Waals surface area contributed by atoms with Crippen molar-refractivity contribution >= 4 is 5.97 Å². The maximum absolute atomic E-state index is 13.0. The SMILES string of the molecule is CCCCC/C=C\CCCC(OC(=O)CCCCN(C)C)C(CCCCCCCCCC)CCCCCCCCCC. The molecule has 0 aromatic rings. The minimum atomic E-state index is 0.0470. The van der Waals surface area contributed by atoms with Crippen molar-refractivity contribution < 1.29 is 9.53 Å². The molecule has 0 spiro atoms. The van der Waals surface area contributed by atoms with Crippen LogP contribution in [-0.4, -0.2) is 37.6 Å². The van der Waals surface area contributed by atoms with Gasteiger partial charge in [0.2, 0.25) is 0 Å². The molecule has 1 unspecified atom stereocenters. The van der Waals surface area contributed by atoms with E-state index in [0.717, 1.165) is 38.6 Å². The molecule has 0 radical (unpaired) electrons. The zero-order chi connectivity index (χ0) is 30.9. The molecule has 250 valence electrons. The number of unbranched alkanes of at least 4 members (excludes halogenated alkanes) is 19. The number of ether oxygens (including phenoxy) is 1. The Morgan fingerprint density at radius 1 is 0.548 bits per heavy atom. The van der Waals surface area contributed by atoms with Crippen molar-refractivity contribution in [3.63, 3.8) is 0 Å². The molecule has 0 aliphatic carbocycles. The molecule has 0 aliphatic rings. The van der Waals surface area contributed by atoms with E-state index in [1.54, 1.807) is 0 Å². The molecule has 0 aromatic heterocycles. The summed E-state index contributed by atoms with van der Waals surface area (Å²) < 4.78 is 6.35. The van der Waals surface area contributed by atoms with E-state index in [-0.39, 0.29) is 12.1 Å². The van der Waals surface area contributed by atoms with Gasteiger partial charge in [-0.3, -0.25) is 4.79 Å². The van der Waals surface area contributed by atoms with Crippen molar-refractivity contribution in [2.24, 2.45) is 5.92 Å². The van der Waals surface area contributed by atoms with Gasteiger partial charge in [-0.1, -0.05) is 148 Å². The molecular formula is C39H77NO2. The molecule has 0 aliphatic heterocycles. The summed E-state index contributed by atoms with van der Waals surface area (Å²) in [5, 5.41) is 0. The van der Waals surface area contributed by atoms with Gasteiger partial charge in [-0.05, 0) is 84.3 Å². The summed E-state index contributed by atoms with van der Waals surface area (Å²) in [7, 11) is 4.21. The fourth-order valence-corrected chi connectivity index (χ4v) is 6.10. The lowest BCUT2D eigenvalue weighted by molar-refractivity contribution is -0.153. The topological polar surface area (TPSA) is 29.5 Å². The van der Waals surface area contributed by atoms with Gasteiger partial charge >= 0.3 is 5.97 Å². The Balaban J connectivity index is 5.00. The van der Waals surface area contributed by atoms with E-state index < -0.39 is 0 Å². The third-order valence-electron chi connectivity index (χ3n) is 8.90. The summed E-state index contributed by atoms with van der Waals surface area (Å²) in [5.41, 5.74) is 0. The molecular weight excluding hydrogens is 514 g/mol. The van der Waals surface area contributed by atoms with Crippen LogP contribution in [0.2, 0.25) is 0 Å². The smallest absolute Gasteiger partial charge is 0.306 e. The van der Waals surface area contributed by atoms with E-state index in [9.17, 15) is 4.79 Å². The van der Waals surface area contributed by atoms with Crippen LogP contribution in [0.5, 0.6) is 0 Å². The van der Waals surface area contributed by atoms with E-state index in [1.807, 2.05) is 0 Å². The molecule has 0 N–H and O–H groups in total. The first-order chi connectivity index (χ1) is 20.5. The minimum absolute atomic E-state index is 0.0470. The first-order valence-electron chi connectivity index (χ1n) is 19.0. The normalized spacial score (nSPS) is 12.6. The molecule has 3 heteroatoms. The summed E-state index contributed by atoms with van der Waals surface area (Å²) in [6, 6.07) is 0. The highest BCUT2D eigenvalue weighted by molar-refractivity contribution is 5.69. The average Bonchev–Trinajstić information content (AvgIpc) is 2.97. The van der Waals surface area contributed by atoms with Gasteiger partial charge in [-0.2, -0.15) is 0 Å². The number of hydrogen-bond acceptors (Lipinski definition) is 3. The lowest BCUT2D eigenvalue weighted by atomic mass is 9.87. The number of esters is 1. The lowest BCUT2D eigenvalue weighted by Crippen LogP contribution is -2.27. The van der Waals surface area contributed by atoms with Gasteiger partial charge in [0, 0.05) is 6.42 Å². The Morgan fingerprint density at radius 3 is 1.50 bits per heavy atom. The summed E-state index contributed by atoms with van der Waals surface area (Å²) >= 11 is 0. The summed E-state index contributed by atoms with van der Waals surface area (Å²) in [6.45, 7) is 7.90. The molecule has 1 atom stereocenters. The highest BCUT2D eigenvalue weighted by atomic mass is 16.5. The van der Waals surface area contributed by atoms with E-state index in [4.69, 9.17) is 4.74 Å². The Labute approximate surface area is 265 Å². The van der Waals surface area contributed by atoms with Gasteiger partial charge in [0.05, 0.1) is 0 Å². The van der Waals surface area contributed by atoms with Crippen LogP contribution >= 0.6 is 0 Å². The molecule has 42 heavy (non-hydrogen) atoms. The standard InChI is InChI=1S/C39H77NO2/c1-6-9-12-15-18-21-24-27-32-37(33-28-25-22-19-16-13-10-7-2)38(34-29-26-23-20-17-14-11-8-3)42-39(41)35-30-31-36-40(4)5/h20,23,37-38H,6-19,21-22,24-36H2,1-5H3/b23-20-. The van der Waals surface area contributed by atoms with Gasteiger partial charge in [0.1, 0.15) is 6.10 Å². The maximum Gasteiger partial charge on any atom is 0.306 e. The number of carbonyl (C=O) groups excluding carboxylic acids is 1. The van der Waals surface area contributed by atoms with Gasteiger partial charge in [0.25, 0.3) is 0 Å². The fraction of sp³-hybridized carbons (Fsp3) is 0.923. The van der Waals surface area contributed by atoms with Crippen molar-refractivity contribution in [2.45, 2.75) is 207 Å². The molecule has 0 rings (SSSR count). The Kier molecular flexibility index (Phi) is 32.4. The zero-order valence-electron chi connectivity index (χ0n) is 29.6. The van der Waals surface area contributed by atoms with E-state index in [0.29, 0.717) is 12.3 Å². The number of hydrogen-bond donors (Lipinski definition) is 0. The van der Waals surface area contributed by atoms with Gasteiger partial charge in [-0.25, -0.2) is 0 Å². The Bertz CT molecular complexity index is 553. The highest BCUT2D eigenvalue weighted by Gasteiger charge is 2.24.